The summed E-state index contributed by atoms with van der Waals surface area (Å²) >= 11 is 3.27. The number of nitriles is 1. The molecule has 1 nitrogen and oxygen atoms in total. The van der Waals surface area contributed by atoms with Crippen LogP contribution < -0.4 is 0 Å². The van der Waals surface area contributed by atoms with Gasteiger partial charge in [-0.25, -0.2) is 4.39 Å². The molecule has 0 fully saturated rings. The normalized spacial score (nSPS) is 12.6. The Morgan fingerprint density at radius 3 is 2.57 bits per heavy atom. The fourth-order valence-corrected chi connectivity index (χ4v) is 1.71. The van der Waals surface area contributed by atoms with E-state index < -0.39 is 0 Å². The second-order valence-electron chi connectivity index (χ2n) is 3.52. The van der Waals surface area contributed by atoms with E-state index in [9.17, 15) is 4.39 Å². The van der Waals surface area contributed by atoms with Crippen molar-refractivity contribution in [2.75, 3.05) is 0 Å². The Morgan fingerprint density at radius 1 is 1.43 bits per heavy atom. The molecule has 0 saturated carbocycles. The third-order valence-corrected chi connectivity index (χ3v) is 2.59. The minimum atomic E-state index is -0.382. The van der Waals surface area contributed by atoms with Crippen molar-refractivity contribution in [1.29, 1.82) is 5.26 Å². The first-order chi connectivity index (χ1) is 6.56. The third kappa shape index (κ3) is 2.33. The molecule has 1 unspecified atom stereocenters. The summed E-state index contributed by atoms with van der Waals surface area (Å²) in [4.78, 5) is 0. The van der Waals surface area contributed by atoms with E-state index in [1.807, 2.05) is 13.8 Å². The summed E-state index contributed by atoms with van der Waals surface area (Å²) in [6.45, 7) is 3.82. The fourth-order valence-electron chi connectivity index (χ4n) is 1.33. The van der Waals surface area contributed by atoms with Crippen molar-refractivity contribution in [2.45, 2.75) is 19.8 Å². The molecule has 0 amide bonds. The Hall–Kier alpha value is -0.880. The van der Waals surface area contributed by atoms with Crippen molar-refractivity contribution in [3.05, 3.63) is 34.1 Å². The maximum absolute atomic E-state index is 13.4. The summed E-state index contributed by atoms with van der Waals surface area (Å²) in [6, 6.07) is 6.81. The van der Waals surface area contributed by atoms with Gasteiger partial charge in [0, 0.05) is 10.0 Å². The zero-order chi connectivity index (χ0) is 10.7. The second-order valence-corrected chi connectivity index (χ2v) is 4.43. The fraction of sp³-hybridized carbons (Fsp3) is 0.364. The Labute approximate surface area is 91.7 Å². The zero-order valence-electron chi connectivity index (χ0n) is 8.09. The van der Waals surface area contributed by atoms with Crippen LogP contribution in [0.5, 0.6) is 0 Å². The Kier molecular flexibility index (Phi) is 3.65. The van der Waals surface area contributed by atoms with E-state index in [4.69, 9.17) is 5.26 Å². The average molecular weight is 256 g/mol. The molecule has 1 atom stereocenters. The molecule has 1 rings (SSSR count). The number of hydrogen-bond donors (Lipinski definition) is 0. The van der Waals surface area contributed by atoms with Crippen molar-refractivity contribution >= 4 is 15.9 Å². The Bertz CT molecular complexity index is 368. The summed E-state index contributed by atoms with van der Waals surface area (Å²) < 4.78 is 14.2. The van der Waals surface area contributed by atoms with E-state index in [1.54, 1.807) is 12.1 Å². The molecule has 0 aliphatic heterocycles. The highest BCUT2D eigenvalue weighted by molar-refractivity contribution is 9.10. The van der Waals surface area contributed by atoms with Gasteiger partial charge in [0.25, 0.3) is 0 Å². The molecule has 0 radical (unpaired) electrons. The van der Waals surface area contributed by atoms with Gasteiger partial charge in [-0.2, -0.15) is 5.26 Å². The number of hydrogen-bond acceptors (Lipinski definition) is 1. The van der Waals surface area contributed by atoms with Crippen LogP contribution in [0.4, 0.5) is 4.39 Å². The molecule has 0 aliphatic carbocycles. The second kappa shape index (κ2) is 4.56. The van der Waals surface area contributed by atoms with Crippen molar-refractivity contribution in [1.82, 2.24) is 0 Å². The highest BCUT2D eigenvalue weighted by atomic mass is 79.9. The quantitative estimate of drug-likeness (QED) is 0.788. The van der Waals surface area contributed by atoms with Crippen LogP contribution in [0.15, 0.2) is 22.7 Å². The van der Waals surface area contributed by atoms with Crippen molar-refractivity contribution < 1.29 is 4.39 Å². The first kappa shape index (κ1) is 11.2. The van der Waals surface area contributed by atoms with E-state index in [-0.39, 0.29) is 17.7 Å². The highest BCUT2D eigenvalue weighted by Gasteiger charge is 2.18. The summed E-state index contributed by atoms with van der Waals surface area (Å²) in [5.41, 5.74) is 0.469. The molecule has 1 aromatic rings. The Morgan fingerprint density at radius 2 is 2.07 bits per heavy atom. The smallest absolute Gasteiger partial charge is 0.127 e. The van der Waals surface area contributed by atoms with E-state index in [2.05, 4.69) is 22.0 Å². The molecule has 1 aromatic carbocycles. The maximum Gasteiger partial charge on any atom is 0.127 e. The SMILES string of the molecule is CC(C)C(C#N)c1cc(Br)ccc1F. The molecular formula is C11H11BrFN. The summed E-state index contributed by atoms with van der Waals surface area (Å²) in [7, 11) is 0. The monoisotopic (exact) mass is 255 g/mol. The molecule has 0 saturated heterocycles. The highest BCUT2D eigenvalue weighted by Crippen LogP contribution is 2.28. The van der Waals surface area contributed by atoms with E-state index in [0.29, 0.717) is 5.56 Å². The van der Waals surface area contributed by atoms with Crippen LogP contribution in [0, 0.1) is 23.1 Å². The zero-order valence-corrected chi connectivity index (χ0v) is 9.68. The van der Waals surface area contributed by atoms with Crippen LogP contribution in [0.1, 0.15) is 25.3 Å². The molecule has 3 heteroatoms. The van der Waals surface area contributed by atoms with Gasteiger partial charge < -0.3 is 0 Å². The predicted octanol–water partition coefficient (Wildman–Crippen LogP) is 3.85. The molecule has 74 valence electrons. The van der Waals surface area contributed by atoms with Gasteiger partial charge in [-0.05, 0) is 24.1 Å². The summed E-state index contributed by atoms with van der Waals surface area (Å²) in [6.07, 6.45) is 0. The first-order valence-electron chi connectivity index (χ1n) is 4.40. The number of benzene rings is 1. The van der Waals surface area contributed by atoms with Gasteiger partial charge in [0.15, 0.2) is 0 Å². The van der Waals surface area contributed by atoms with Crippen molar-refractivity contribution in [3.63, 3.8) is 0 Å². The topological polar surface area (TPSA) is 23.8 Å². The largest absolute Gasteiger partial charge is 0.207 e. The molecule has 0 N–H and O–H groups in total. The lowest BCUT2D eigenvalue weighted by atomic mass is 9.89. The van der Waals surface area contributed by atoms with Crippen LogP contribution in [-0.2, 0) is 0 Å². The van der Waals surface area contributed by atoms with Crippen LogP contribution in [0.25, 0.3) is 0 Å². The minimum Gasteiger partial charge on any atom is -0.207 e. The molecular weight excluding hydrogens is 245 g/mol. The van der Waals surface area contributed by atoms with Crippen molar-refractivity contribution in [2.24, 2.45) is 5.92 Å². The van der Waals surface area contributed by atoms with Crippen LogP contribution in [-0.4, -0.2) is 0 Å². The van der Waals surface area contributed by atoms with Crippen LogP contribution in [0.3, 0.4) is 0 Å². The predicted molar refractivity (Wildman–Crippen MR) is 57.3 cm³/mol. The molecule has 0 aliphatic rings. The van der Waals surface area contributed by atoms with Gasteiger partial charge in [0.1, 0.15) is 5.82 Å². The summed E-state index contributed by atoms with van der Waals surface area (Å²) in [5, 5.41) is 8.93. The standard InChI is InChI=1S/C11H11BrFN/c1-7(2)10(6-14)9-5-8(12)3-4-11(9)13/h3-5,7,10H,1-2H3. The molecule has 14 heavy (non-hydrogen) atoms. The van der Waals surface area contributed by atoms with Gasteiger partial charge in [-0.3, -0.25) is 0 Å². The Balaban J connectivity index is 3.17. The summed E-state index contributed by atoms with van der Waals surface area (Å²) in [5.74, 6) is -0.579. The van der Waals surface area contributed by atoms with Crippen molar-refractivity contribution in [3.8, 4) is 6.07 Å². The number of nitrogens with zero attached hydrogens (tertiary/aromatic N) is 1. The average Bonchev–Trinajstić information content (AvgIpc) is 2.11. The van der Waals surface area contributed by atoms with E-state index >= 15 is 0 Å². The van der Waals surface area contributed by atoms with Crippen LogP contribution >= 0.6 is 15.9 Å². The van der Waals surface area contributed by atoms with Gasteiger partial charge in [0.2, 0.25) is 0 Å². The molecule has 0 aromatic heterocycles. The lowest BCUT2D eigenvalue weighted by molar-refractivity contribution is 0.539. The third-order valence-electron chi connectivity index (χ3n) is 2.10. The van der Waals surface area contributed by atoms with Gasteiger partial charge in [-0.15, -0.1) is 0 Å². The maximum atomic E-state index is 13.4. The number of halogens is 2. The lowest BCUT2D eigenvalue weighted by Gasteiger charge is -2.14. The lowest BCUT2D eigenvalue weighted by Crippen LogP contribution is -2.06. The van der Waals surface area contributed by atoms with Gasteiger partial charge >= 0.3 is 0 Å². The van der Waals surface area contributed by atoms with Crippen LogP contribution in [0.2, 0.25) is 0 Å². The number of rotatable bonds is 2. The van der Waals surface area contributed by atoms with E-state index in [1.165, 1.54) is 6.07 Å². The van der Waals surface area contributed by atoms with Gasteiger partial charge in [-0.1, -0.05) is 29.8 Å². The van der Waals surface area contributed by atoms with E-state index in [0.717, 1.165) is 4.47 Å². The molecule has 0 spiro atoms. The molecule has 0 bridgehead atoms. The van der Waals surface area contributed by atoms with Gasteiger partial charge in [0.05, 0.1) is 12.0 Å². The molecule has 0 heterocycles. The minimum absolute atomic E-state index is 0.115. The first-order valence-corrected chi connectivity index (χ1v) is 5.20.